The monoisotopic (exact) mass is 419 g/mol. The molecule has 0 spiro atoms. The minimum absolute atomic E-state index is 0.139. The zero-order valence-corrected chi connectivity index (χ0v) is 17.5. The molecule has 0 aliphatic heterocycles. The summed E-state index contributed by atoms with van der Waals surface area (Å²) in [6, 6.07) is 13.7. The highest BCUT2D eigenvalue weighted by Crippen LogP contribution is 2.36. The molecule has 3 heterocycles. The predicted octanol–water partition coefficient (Wildman–Crippen LogP) is 4.95. The fourth-order valence-electron chi connectivity index (χ4n) is 2.95. The number of thiazole rings is 1. The zero-order valence-electron chi connectivity index (χ0n) is 16.7. The first-order valence-electron chi connectivity index (χ1n) is 9.69. The summed E-state index contributed by atoms with van der Waals surface area (Å²) in [5.41, 5.74) is 2.74. The first-order valence-corrected chi connectivity index (χ1v) is 10.5. The van der Waals surface area contributed by atoms with Gasteiger partial charge in [0.1, 0.15) is 0 Å². The molecule has 1 amide bonds. The van der Waals surface area contributed by atoms with E-state index in [1.54, 1.807) is 12.4 Å². The summed E-state index contributed by atoms with van der Waals surface area (Å²) in [5.74, 6) is 1.05. The maximum Gasteiger partial charge on any atom is 0.227 e. The van der Waals surface area contributed by atoms with Crippen LogP contribution in [-0.4, -0.2) is 26.0 Å². The van der Waals surface area contributed by atoms with E-state index < -0.39 is 0 Å². The fourth-order valence-corrected chi connectivity index (χ4v) is 3.96. The van der Waals surface area contributed by atoms with Crippen LogP contribution in [0.2, 0.25) is 0 Å². The summed E-state index contributed by atoms with van der Waals surface area (Å²) in [6.45, 7) is 4.25. The van der Waals surface area contributed by atoms with Gasteiger partial charge in [-0.15, -0.1) is 11.3 Å². The Morgan fingerprint density at radius 3 is 2.63 bits per heavy atom. The number of aromatic nitrogens is 4. The van der Waals surface area contributed by atoms with Crippen LogP contribution in [0.5, 0.6) is 0 Å². The van der Waals surface area contributed by atoms with E-state index in [0.717, 1.165) is 21.7 Å². The van der Waals surface area contributed by atoms with Crippen molar-refractivity contribution < 1.29 is 9.32 Å². The number of pyridine rings is 1. The van der Waals surface area contributed by atoms with E-state index in [-0.39, 0.29) is 12.3 Å². The van der Waals surface area contributed by atoms with Gasteiger partial charge in [-0.05, 0) is 18.1 Å². The Kier molecular flexibility index (Phi) is 5.94. The third-order valence-electron chi connectivity index (χ3n) is 4.43. The topological polar surface area (TPSA) is 93.8 Å². The molecule has 3 aromatic heterocycles. The number of hydrogen-bond acceptors (Lipinski definition) is 7. The molecule has 30 heavy (non-hydrogen) atoms. The Hall–Kier alpha value is -3.39. The second-order valence-electron chi connectivity index (χ2n) is 7.05. The molecule has 0 aliphatic carbocycles. The molecule has 0 fully saturated rings. The SMILES string of the molecule is CC(C)c1sc(NC(=O)CCc2nc(-c3cccnc3)no2)nc1-c1ccccc1. The van der Waals surface area contributed by atoms with Crippen molar-refractivity contribution in [3.05, 3.63) is 65.6 Å². The summed E-state index contributed by atoms with van der Waals surface area (Å²) in [5, 5.41) is 7.45. The van der Waals surface area contributed by atoms with Gasteiger partial charge in [0.25, 0.3) is 0 Å². The predicted molar refractivity (Wildman–Crippen MR) is 116 cm³/mol. The van der Waals surface area contributed by atoms with Crippen molar-refractivity contribution in [2.75, 3.05) is 5.32 Å². The van der Waals surface area contributed by atoms with E-state index >= 15 is 0 Å². The molecule has 0 saturated heterocycles. The van der Waals surface area contributed by atoms with Crippen LogP contribution >= 0.6 is 11.3 Å². The summed E-state index contributed by atoms with van der Waals surface area (Å²) >= 11 is 1.51. The lowest BCUT2D eigenvalue weighted by Crippen LogP contribution is -2.12. The van der Waals surface area contributed by atoms with Gasteiger partial charge in [-0.3, -0.25) is 9.78 Å². The first kappa shape index (κ1) is 19.9. The molecule has 0 bridgehead atoms. The van der Waals surface area contributed by atoms with Crippen LogP contribution in [-0.2, 0) is 11.2 Å². The highest BCUT2D eigenvalue weighted by molar-refractivity contribution is 7.16. The summed E-state index contributed by atoms with van der Waals surface area (Å²) < 4.78 is 5.25. The van der Waals surface area contributed by atoms with Crippen LogP contribution in [0.25, 0.3) is 22.6 Å². The third kappa shape index (κ3) is 4.60. The lowest BCUT2D eigenvalue weighted by molar-refractivity contribution is -0.116. The lowest BCUT2D eigenvalue weighted by atomic mass is 10.1. The molecule has 0 radical (unpaired) electrons. The van der Waals surface area contributed by atoms with E-state index in [1.165, 1.54) is 11.3 Å². The molecule has 1 aromatic carbocycles. The molecular weight excluding hydrogens is 398 g/mol. The number of aryl methyl sites for hydroxylation is 1. The van der Waals surface area contributed by atoms with Crippen LogP contribution < -0.4 is 5.32 Å². The van der Waals surface area contributed by atoms with Crippen molar-refractivity contribution in [2.24, 2.45) is 0 Å². The minimum Gasteiger partial charge on any atom is -0.339 e. The number of nitrogens with one attached hydrogen (secondary N) is 1. The highest BCUT2D eigenvalue weighted by Gasteiger charge is 2.17. The number of carbonyl (C=O) groups is 1. The van der Waals surface area contributed by atoms with Crippen molar-refractivity contribution in [2.45, 2.75) is 32.6 Å². The summed E-state index contributed by atoms with van der Waals surface area (Å²) in [6.07, 6.45) is 3.93. The molecular formula is C22H21N5O2S. The molecule has 4 aromatic rings. The van der Waals surface area contributed by atoms with Gasteiger partial charge in [-0.25, -0.2) is 4.98 Å². The summed E-state index contributed by atoms with van der Waals surface area (Å²) in [7, 11) is 0. The van der Waals surface area contributed by atoms with Gasteiger partial charge in [-0.1, -0.05) is 49.3 Å². The quantitative estimate of drug-likeness (QED) is 0.455. The molecule has 7 nitrogen and oxygen atoms in total. The molecule has 152 valence electrons. The van der Waals surface area contributed by atoms with Crippen LogP contribution in [0.4, 0.5) is 5.13 Å². The number of carbonyl (C=O) groups excluding carboxylic acids is 1. The van der Waals surface area contributed by atoms with Crippen molar-refractivity contribution in [1.82, 2.24) is 20.1 Å². The molecule has 8 heteroatoms. The van der Waals surface area contributed by atoms with Gasteiger partial charge >= 0.3 is 0 Å². The van der Waals surface area contributed by atoms with Gasteiger partial charge in [0.05, 0.1) is 5.69 Å². The molecule has 0 aliphatic rings. The molecule has 4 rings (SSSR count). The van der Waals surface area contributed by atoms with E-state index in [1.807, 2.05) is 42.5 Å². The molecule has 0 unspecified atom stereocenters. The molecule has 0 atom stereocenters. The lowest BCUT2D eigenvalue weighted by Gasteiger charge is -2.04. The smallest absolute Gasteiger partial charge is 0.227 e. The van der Waals surface area contributed by atoms with Gasteiger partial charge in [-0.2, -0.15) is 4.98 Å². The van der Waals surface area contributed by atoms with Crippen molar-refractivity contribution in [3.8, 4) is 22.6 Å². The van der Waals surface area contributed by atoms with Crippen molar-refractivity contribution >= 4 is 22.4 Å². The maximum atomic E-state index is 12.4. The van der Waals surface area contributed by atoms with Crippen LogP contribution in [0.15, 0.2) is 59.4 Å². The number of hydrogen-bond donors (Lipinski definition) is 1. The van der Waals surface area contributed by atoms with E-state index in [2.05, 4.69) is 39.3 Å². The normalized spacial score (nSPS) is 11.0. The molecule has 1 N–H and O–H groups in total. The highest BCUT2D eigenvalue weighted by atomic mass is 32.1. The first-order chi connectivity index (χ1) is 14.6. The minimum atomic E-state index is -0.139. The van der Waals surface area contributed by atoms with Crippen molar-refractivity contribution in [1.29, 1.82) is 0 Å². The fraction of sp³-hybridized carbons (Fsp3) is 0.227. The second kappa shape index (κ2) is 8.96. The second-order valence-corrected chi connectivity index (χ2v) is 8.08. The maximum absolute atomic E-state index is 12.4. The average Bonchev–Trinajstić information content (AvgIpc) is 3.41. The number of anilines is 1. The van der Waals surface area contributed by atoms with Crippen LogP contribution in [0.3, 0.4) is 0 Å². The number of amides is 1. The van der Waals surface area contributed by atoms with Crippen LogP contribution in [0, 0.1) is 0 Å². The van der Waals surface area contributed by atoms with Gasteiger partial charge in [0.2, 0.25) is 17.6 Å². The standard InChI is InChI=1S/C22H21N5O2S/c1-14(2)20-19(15-7-4-3-5-8-15)26-22(30-20)24-17(28)10-11-18-25-21(27-29-18)16-9-6-12-23-13-16/h3-9,12-14H,10-11H2,1-2H3,(H,24,26,28). The Labute approximate surface area is 178 Å². The summed E-state index contributed by atoms with van der Waals surface area (Å²) in [4.78, 5) is 26.6. The Morgan fingerprint density at radius 2 is 1.90 bits per heavy atom. The van der Waals surface area contributed by atoms with Gasteiger partial charge in [0, 0.05) is 41.2 Å². The third-order valence-corrected chi connectivity index (χ3v) is 5.70. The van der Waals surface area contributed by atoms with Gasteiger partial charge in [0.15, 0.2) is 5.13 Å². The van der Waals surface area contributed by atoms with E-state index in [4.69, 9.17) is 4.52 Å². The van der Waals surface area contributed by atoms with Gasteiger partial charge < -0.3 is 9.84 Å². The number of nitrogens with zero attached hydrogens (tertiary/aromatic N) is 4. The average molecular weight is 420 g/mol. The molecule has 0 saturated carbocycles. The van der Waals surface area contributed by atoms with Crippen molar-refractivity contribution in [3.63, 3.8) is 0 Å². The van der Waals surface area contributed by atoms with E-state index in [0.29, 0.717) is 29.2 Å². The largest absolute Gasteiger partial charge is 0.339 e. The Morgan fingerprint density at radius 1 is 1.10 bits per heavy atom. The van der Waals surface area contributed by atoms with Crippen LogP contribution in [0.1, 0.15) is 37.0 Å². The zero-order chi connectivity index (χ0) is 20.9. The Bertz CT molecular complexity index is 1120. The van der Waals surface area contributed by atoms with E-state index in [9.17, 15) is 4.79 Å². The number of benzene rings is 1. The Balaban J connectivity index is 1.40. The number of rotatable bonds is 7.